The summed E-state index contributed by atoms with van der Waals surface area (Å²) in [7, 11) is 0. The Morgan fingerprint density at radius 3 is 2.80 bits per heavy atom. The smallest absolute Gasteiger partial charge is 0.116 e. The van der Waals surface area contributed by atoms with Crippen molar-refractivity contribution in [2.45, 2.75) is 25.1 Å². The van der Waals surface area contributed by atoms with E-state index in [4.69, 9.17) is 0 Å². The normalized spacial score (nSPS) is 43.8. The van der Waals surface area contributed by atoms with Gasteiger partial charge in [-0.15, -0.1) is 0 Å². The number of β-amino-alcohol motifs (C(OH)–C–C–N with tert-alkyl or cyclic N) is 1. The molecular formula is C6H11FINO. The molecule has 0 amide bonds. The SMILES string of the molecule is CC1(O)CC(F)CN(I)C1. The van der Waals surface area contributed by atoms with Crippen LogP contribution in [-0.2, 0) is 0 Å². The van der Waals surface area contributed by atoms with Crippen LogP contribution >= 0.6 is 22.9 Å². The largest absolute Gasteiger partial charge is 0.389 e. The lowest BCUT2D eigenvalue weighted by Crippen LogP contribution is -2.46. The average Bonchev–Trinajstić information content (AvgIpc) is 1.54. The Kier molecular flexibility index (Phi) is 2.52. The van der Waals surface area contributed by atoms with E-state index >= 15 is 0 Å². The van der Waals surface area contributed by atoms with E-state index < -0.39 is 11.8 Å². The molecule has 0 saturated carbocycles. The second-order valence-electron chi connectivity index (χ2n) is 3.10. The van der Waals surface area contributed by atoms with Crippen molar-refractivity contribution in [3.63, 3.8) is 0 Å². The zero-order chi connectivity index (χ0) is 7.78. The van der Waals surface area contributed by atoms with Crippen molar-refractivity contribution in [3.05, 3.63) is 0 Å². The summed E-state index contributed by atoms with van der Waals surface area (Å²) in [6.45, 7) is 2.68. The van der Waals surface area contributed by atoms with Crippen LogP contribution in [-0.4, -0.2) is 33.1 Å². The van der Waals surface area contributed by atoms with Crippen LogP contribution in [0.5, 0.6) is 0 Å². The molecule has 0 bridgehead atoms. The molecule has 2 atom stereocenters. The first kappa shape index (κ1) is 8.67. The summed E-state index contributed by atoms with van der Waals surface area (Å²) >= 11 is 2.03. The van der Waals surface area contributed by atoms with Gasteiger partial charge < -0.3 is 5.11 Å². The number of hydrogen-bond donors (Lipinski definition) is 1. The van der Waals surface area contributed by atoms with Crippen LogP contribution in [0.2, 0.25) is 0 Å². The molecule has 1 saturated heterocycles. The first-order valence-electron chi connectivity index (χ1n) is 3.27. The van der Waals surface area contributed by atoms with Gasteiger partial charge in [-0.2, -0.15) is 0 Å². The maximum Gasteiger partial charge on any atom is 0.116 e. The van der Waals surface area contributed by atoms with Crippen LogP contribution in [0.15, 0.2) is 0 Å². The molecule has 4 heteroatoms. The number of hydrogen-bond acceptors (Lipinski definition) is 2. The van der Waals surface area contributed by atoms with E-state index in [1.165, 1.54) is 0 Å². The number of halogens is 2. The van der Waals surface area contributed by atoms with Crippen molar-refractivity contribution < 1.29 is 9.50 Å². The molecule has 1 aliphatic heterocycles. The Morgan fingerprint density at radius 2 is 2.40 bits per heavy atom. The predicted octanol–water partition coefficient (Wildman–Crippen LogP) is 1.13. The van der Waals surface area contributed by atoms with Gasteiger partial charge in [-0.1, -0.05) is 0 Å². The van der Waals surface area contributed by atoms with Crippen LogP contribution < -0.4 is 0 Å². The molecule has 60 valence electrons. The zero-order valence-corrected chi connectivity index (χ0v) is 8.01. The van der Waals surface area contributed by atoms with Gasteiger partial charge in [-0.05, 0) is 6.92 Å². The van der Waals surface area contributed by atoms with Crippen LogP contribution in [0, 0.1) is 0 Å². The molecule has 1 N–H and O–H groups in total. The maximum absolute atomic E-state index is 12.7. The molecule has 0 aliphatic carbocycles. The summed E-state index contributed by atoms with van der Waals surface area (Å²) in [6.07, 6.45) is -0.604. The molecule has 0 aromatic heterocycles. The highest BCUT2D eigenvalue weighted by atomic mass is 127. The Bertz CT molecular complexity index is 119. The summed E-state index contributed by atoms with van der Waals surface area (Å²) in [6, 6.07) is 0. The van der Waals surface area contributed by atoms with Gasteiger partial charge in [0, 0.05) is 42.4 Å². The fraction of sp³-hybridized carbons (Fsp3) is 1.00. The summed E-state index contributed by atoms with van der Waals surface area (Å²) in [5.41, 5.74) is -0.834. The van der Waals surface area contributed by atoms with Gasteiger partial charge in [-0.25, -0.2) is 7.50 Å². The van der Waals surface area contributed by atoms with E-state index in [-0.39, 0.29) is 6.42 Å². The molecular weight excluding hydrogens is 248 g/mol. The molecule has 0 spiro atoms. The van der Waals surface area contributed by atoms with Gasteiger partial charge in [0.2, 0.25) is 0 Å². The Balaban J connectivity index is 2.51. The van der Waals surface area contributed by atoms with Gasteiger partial charge in [0.1, 0.15) is 6.17 Å². The molecule has 0 aromatic rings. The van der Waals surface area contributed by atoms with E-state index in [2.05, 4.69) is 0 Å². The fourth-order valence-electron chi connectivity index (χ4n) is 1.26. The van der Waals surface area contributed by atoms with E-state index in [9.17, 15) is 9.50 Å². The third kappa shape index (κ3) is 2.32. The highest BCUT2D eigenvalue weighted by Gasteiger charge is 2.33. The number of rotatable bonds is 0. The fourth-order valence-corrected chi connectivity index (χ4v) is 2.42. The average molecular weight is 259 g/mol. The zero-order valence-electron chi connectivity index (χ0n) is 5.85. The molecule has 10 heavy (non-hydrogen) atoms. The van der Waals surface area contributed by atoms with Gasteiger partial charge >= 0.3 is 0 Å². The second kappa shape index (κ2) is 2.91. The van der Waals surface area contributed by atoms with E-state index in [0.717, 1.165) is 0 Å². The van der Waals surface area contributed by atoms with Gasteiger partial charge in [-0.3, -0.25) is 0 Å². The number of piperidine rings is 1. The van der Waals surface area contributed by atoms with Crippen LogP contribution in [0.1, 0.15) is 13.3 Å². The van der Waals surface area contributed by atoms with Crippen molar-refractivity contribution in [2.75, 3.05) is 13.1 Å². The highest BCUT2D eigenvalue weighted by molar-refractivity contribution is 14.1. The van der Waals surface area contributed by atoms with Gasteiger partial charge in [0.25, 0.3) is 0 Å². The minimum Gasteiger partial charge on any atom is -0.389 e. The predicted molar refractivity (Wildman–Crippen MR) is 45.7 cm³/mol. The standard InChI is InChI=1S/C6H11FINO/c1-6(10)2-5(7)3-9(8)4-6/h5,10H,2-4H2,1H3. The summed E-state index contributed by atoms with van der Waals surface area (Å²) in [5, 5.41) is 9.43. The third-order valence-corrected chi connectivity index (χ3v) is 2.30. The van der Waals surface area contributed by atoms with Crippen molar-refractivity contribution in [1.29, 1.82) is 0 Å². The Morgan fingerprint density at radius 1 is 1.80 bits per heavy atom. The van der Waals surface area contributed by atoms with Crippen molar-refractivity contribution in [1.82, 2.24) is 3.11 Å². The number of aliphatic hydroxyl groups is 1. The van der Waals surface area contributed by atoms with Crippen LogP contribution in [0.4, 0.5) is 4.39 Å². The molecule has 1 rings (SSSR count). The molecule has 2 nitrogen and oxygen atoms in total. The lowest BCUT2D eigenvalue weighted by Gasteiger charge is -2.34. The second-order valence-corrected chi connectivity index (χ2v) is 4.47. The molecule has 1 aliphatic rings. The quantitative estimate of drug-likeness (QED) is 0.520. The topological polar surface area (TPSA) is 23.5 Å². The van der Waals surface area contributed by atoms with Crippen molar-refractivity contribution >= 4 is 22.9 Å². The minimum atomic E-state index is -0.874. The van der Waals surface area contributed by atoms with Gasteiger partial charge in [0.15, 0.2) is 0 Å². The summed E-state index contributed by atoms with van der Waals surface area (Å²) in [4.78, 5) is 0. The van der Waals surface area contributed by atoms with E-state index in [1.807, 2.05) is 22.9 Å². The monoisotopic (exact) mass is 259 g/mol. The number of nitrogens with zero attached hydrogens (tertiary/aromatic N) is 1. The highest BCUT2D eigenvalue weighted by Crippen LogP contribution is 2.24. The summed E-state index contributed by atoms with van der Waals surface area (Å²) in [5.74, 6) is 0. The molecule has 2 unspecified atom stereocenters. The first-order valence-corrected chi connectivity index (χ1v) is 4.23. The van der Waals surface area contributed by atoms with Gasteiger partial charge in [0.05, 0.1) is 5.60 Å². The molecule has 0 radical (unpaired) electrons. The Labute approximate surface area is 73.9 Å². The molecule has 1 heterocycles. The lowest BCUT2D eigenvalue weighted by molar-refractivity contribution is -0.0141. The summed E-state index contributed by atoms with van der Waals surface area (Å²) < 4.78 is 14.5. The maximum atomic E-state index is 12.7. The van der Waals surface area contributed by atoms with Crippen molar-refractivity contribution in [3.8, 4) is 0 Å². The molecule has 1 fully saturated rings. The molecule has 0 aromatic carbocycles. The minimum absolute atomic E-state index is 0.270. The van der Waals surface area contributed by atoms with Crippen LogP contribution in [0.3, 0.4) is 0 Å². The Hall–Kier alpha value is 0.580. The van der Waals surface area contributed by atoms with E-state index in [1.54, 1.807) is 10.0 Å². The van der Waals surface area contributed by atoms with E-state index in [0.29, 0.717) is 13.1 Å². The third-order valence-electron chi connectivity index (χ3n) is 1.57. The van der Waals surface area contributed by atoms with Crippen LogP contribution in [0.25, 0.3) is 0 Å². The lowest BCUT2D eigenvalue weighted by atomic mass is 9.96. The van der Waals surface area contributed by atoms with Crippen molar-refractivity contribution in [2.24, 2.45) is 0 Å². The number of alkyl halides is 1. The first-order chi connectivity index (χ1) is 4.49.